The molecule has 0 radical (unpaired) electrons. The molecule has 176 valence electrons. The number of hydrogen-bond acceptors (Lipinski definition) is 7. The largest absolute Gasteiger partial charge is 0.484 e. The van der Waals surface area contributed by atoms with Gasteiger partial charge in [0.1, 0.15) is 5.75 Å². The van der Waals surface area contributed by atoms with Crippen LogP contribution < -0.4 is 10.1 Å². The van der Waals surface area contributed by atoms with Crippen LogP contribution in [0.25, 0.3) is 0 Å². The molecule has 0 fully saturated rings. The number of esters is 1. The van der Waals surface area contributed by atoms with Gasteiger partial charge in [-0.15, -0.1) is 0 Å². The second-order valence-corrected chi connectivity index (χ2v) is 9.48. The summed E-state index contributed by atoms with van der Waals surface area (Å²) >= 11 is 4.92. The van der Waals surface area contributed by atoms with E-state index in [1.165, 1.54) is 11.8 Å². The molecule has 2 aromatic carbocycles. The minimum atomic E-state index is -0.402. The summed E-state index contributed by atoms with van der Waals surface area (Å²) in [5.41, 5.74) is 3.63. The van der Waals surface area contributed by atoms with Crippen LogP contribution in [0.4, 0.5) is 5.69 Å². The SMILES string of the molecule is CCOC(=O)C1=C(C)N=C2SC=CN2[C@H]1c1cccc(OCC(=O)Nc2ccc(Br)cc2C)c1. The number of halogens is 1. The van der Waals surface area contributed by atoms with Crippen LogP contribution in [0.1, 0.15) is 31.0 Å². The molecule has 0 bridgehead atoms. The van der Waals surface area contributed by atoms with Gasteiger partial charge < -0.3 is 19.7 Å². The zero-order valence-corrected chi connectivity index (χ0v) is 21.4. The summed E-state index contributed by atoms with van der Waals surface area (Å²) in [4.78, 5) is 31.8. The Morgan fingerprint density at radius 1 is 1.21 bits per heavy atom. The molecule has 7 nitrogen and oxygen atoms in total. The lowest BCUT2D eigenvalue weighted by Crippen LogP contribution is -2.34. The van der Waals surface area contributed by atoms with Crippen molar-refractivity contribution in [3.05, 3.63) is 80.9 Å². The molecule has 1 atom stereocenters. The van der Waals surface area contributed by atoms with E-state index >= 15 is 0 Å². The van der Waals surface area contributed by atoms with Crippen LogP contribution in [-0.2, 0) is 14.3 Å². The highest BCUT2D eigenvalue weighted by Crippen LogP contribution is 2.41. The topological polar surface area (TPSA) is 80.2 Å². The smallest absolute Gasteiger partial charge is 0.338 e. The number of nitrogens with zero attached hydrogens (tertiary/aromatic N) is 2. The number of carbonyl (C=O) groups excluding carboxylic acids is 2. The highest BCUT2D eigenvalue weighted by atomic mass is 79.9. The predicted molar refractivity (Wildman–Crippen MR) is 138 cm³/mol. The van der Waals surface area contributed by atoms with Gasteiger partial charge in [-0.3, -0.25) is 4.79 Å². The van der Waals surface area contributed by atoms with Crippen LogP contribution in [-0.4, -0.2) is 35.2 Å². The molecular weight excluding hydrogens is 518 g/mol. The molecule has 4 rings (SSSR count). The normalized spacial score (nSPS) is 16.8. The summed E-state index contributed by atoms with van der Waals surface area (Å²) < 4.78 is 12.1. The van der Waals surface area contributed by atoms with E-state index in [-0.39, 0.29) is 19.1 Å². The Balaban J connectivity index is 1.52. The second-order valence-electron chi connectivity index (χ2n) is 7.70. The number of aliphatic imine (C=N–C) groups is 1. The number of fused-ring (bicyclic) bond motifs is 1. The van der Waals surface area contributed by atoms with Gasteiger partial charge >= 0.3 is 5.97 Å². The first-order valence-electron chi connectivity index (χ1n) is 10.7. The number of rotatable bonds is 7. The molecule has 0 saturated carbocycles. The summed E-state index contributed by atoms with van der Waals surface area (Å²) in [7, 11) is 0. The van der Waals surface area contributed by atoms with Gasteiger partial charge in [0, 0.05) is 16.4 Å². The van der Waals surface area contributed by atoms with Gasteiger partial charge in [-0.25, -0.2) is 9.79 Å². The Bertz CT molecular complexity index is 1220. The van der Waals surface area contributed by atoms with Gasteiger partial charge in [0.2, 0.25) is 0 Å². The Morgan fingerprint density at radius 2 is 2.03 bits per heavy atom. The minimum absolute atomic E-state index is 0.143. The van der Waals surface area contributed by atoms with E-state index in [1.54, 1.807) is 13.0 Å². The molecule has 2 heterocycles. The zero-order chi connectivity index (χ0) is 24.2. The van der Waals surface area contributed by atoms with E-state index in [0.717, 1.165) is 26.5 Å². The lowest BCUT2D eigenvalue weighted by Gasteiger charge is -2.33. The van der Waals surface area contributed by atoms with Crippen molar-refractivity contribution in [2.45, 2.75) is 26.8 Å². The average Bonchev–Trinajstić information content (AvgIpc) is 3.27. The predicted octanol–water partition coefficient (Wildman–Crippen LogP) is 5.54. The maximum absolute atomic E-state index is 12.8. The van der Waals surface area contributed by atoms with E-state index < -0.39 is 12.0 Å². The molecule has 0 saturated heterocycles. The number of amides is 1. The number of allylic oxidation sites excluding steroid dienone is 1. The molecule has 0 aromatic heterocycles. The minimum Gasteiger partial charge on any atom is -0.484 e. The van der Waals surface area contributed by atoms with Crippen molar-refractivity contribution in [1.29, 1.82) is 0 Å². The van der Waals surface area contributed by atoms with Gasteiger partial charge in [0.05, 0.1) is 23.9 Å². The number of thioether (sulfide) groups is 1. The fourth-order valence-electron chi connectivity index (χ4n) is 3.78. The molecule has 2 aliphatic heterocycles. The van der Waals surface area contributed by atoms with Crippen molar-refractivity contribution in [1.82, 2.24) is 4.90 Å². The van der Waals surface area contributed by atoms with Gasteiger partial charge in [-0.2, -0.15) is 0 Å². The van der Waals surface area contributed by atoms with Crippen LogP contribution in [0.5, 0.6) is 5.75 Å². The highest BCUT2D eigenvalue weighted by molar-refractivity contribution is 9.10. The number of anilines is 1. The van der Waals surface area contributed by atoms with E-state index in [0.29, 0.717) is 17.0 Å². The number of amidine groups is 1. The highest BCUT2D eigenvalue weighted by Gasteiger charge is 2.37. The summed E-state index contributed by atoms with van der Waals surface area (Å²) in [6.07, 6.45) is 1.90. The Morgan fingerprint density at radius 3 is 2.79 bits per heavy atom. The molecule has 1 amide bonds. The van der Waals surface area contributed by atoms with Gasteiger partial charge in [0.25, 0.3) is 5.91 Å². The van der Waals surface area contributed by atoms with E-state index in [4.69, 9.17) is 9.47 Å². The number of hydrogen-bond donors (Lipinski definition) is 1. The van der Waals surface area contributed by atoms with Crippen LogP contribution in [0.15, 0.2) is 74.8 Å². The molecule has 2 aliphatic rings. The molecule has 0 unspecified atom stereocenters. The number of ether oxygens (including phenoxy) is 2. The summed E-state index contributed by atoms with van der Waals surface area (Å²) in [6.45, 7) is 5.65. The van der Waals surface area contributed by atoms with Crippen molar-refractivity contribution in [2.75, 3.05) is 18.5 Å². The summed E-state index contributed by atoms with van der Waals surface area (Å²) in [5, 5.41) is 5.60. The lowest BCUT2D eigenvalue weighted by atomic mass is 9.94. The first kappa shape index (κ1) is 24.1. The van der Waals surface area contributed by atoms with Crippen molar-refractivity contribution in [3.63, 3.8) is 0 Å². The third-order valence-corrected chi connectivity index (χ3v) is 6.59. The molecule has 2 aromatic rings. The molecule has 9 heteroatoms. The summed E-state index contributed by atoms with van der Waals surface area (Å²) in [5.74, 6) is -0.126. The van der Waals surface area contributed by atoms with Crippen molar-refractivity contribution in [3.8, 4) is 5.75 Å². The third-order valence-electron chi connectivity index (χ3n) is 5.32. The number of aryl methyl sites for hydroxylation is 1. The van der Waals surface area contributed by atoms with Crippen LogP contribution in [0.2, 0.25) is 0 Å². The summed E-state index contributed by atoms with van der Waals surface area (Å²) in [6, 6.07) is 12.6. The van der Waals surface area contributed by atoms with E-state index in [1.807, 2.05) is 66.8 Å². The molecule has 1 N–H and O–H groups in total. The Kier molecular flexibility index (Phi) is 7.43. The van der Waals surface area contributed by atoms with Crippen LogP contribution in [0.3, 0.4) is 0 Å². The third kappa shape index (κ3) is 5.20. The fraction of sp³-hybridized carbons (Fsp3) is 0.240. The number of carbonyl (C=O) groups is 2. The van der Waals surface area contributed by atoms with Crippen LogP contribution in [0, 0.1) is 6.92 Å². The van der Waals surface area contributed by atoms with Crippen molar-refractivity contribution < 1.29 is 19.1 Å². The Hall–Kier alpha value is -3.04. The van der Waals surface area contributed by atoms with Crippen molar-refractivity contribution in [2.24, 2.45) is 4.99 Å². The maximum Gasteiger partial charge on any atom is 0.338 e. The number of nitrogens with one attached hydrogen (secondary N) is 1. The number of benzene rings is 2. The van der Waals surface area contributed by atoms with Gasteiger partial charge in [0.15, 0.2) is 11.8 Å². The standard InChI is InChI=1S/C25H24BrN3O4S/c1-4-32-24(31)22-16(3)27-25-29(10-11-34-25)23(22)17-6-5-7-19(13-17)33-14-21(30)28-20-9-8-18(26)12-15(20)2/h5-13,23H,4,14H2,1-3H3,(H,28,30)/t23-/m0/s1. The first-order valence-corrected chi connectivity index (χ1v) is 12.4. The van der Waals surface area contributed by atoms with E-state index in [9.17, 15) is 9.59 Å². The average molecular weight is 542 g/mol. The molecule has 34 heavy (non-hydrogen) atoms. The fourth-order valence-corrected chi connectivity index (χ4v) is 5.04. The quantitative estimate of drug-likeness (QED) is 0.463. The second kappa shape index (κ2) is 10.5. The molecule has 0 aliphatic carbocycles. The van der Waals surface area contributed by atoms with E-state index in [2.05, 4.69) is 26.2 Å². The zero-order valence-electron chi connectivity index (χ0n) is 19.0. The Labute approximate surface area is 211 Å². The molecular formula is C25H24BrN3O4S. The monoisotopic (exact) mass is 541 g/mol. The molecule has 0 spiro atoms. The van der Waals surface area contributed by atoms with Crippen molar-refractivity contribution >= 4 is 50.4 Å². The van der Waals surface area contributed by atoms with Gasteiger partial charge in [-0.1, -0.05) is 39.8 Å². The lowest BCUT2D eigenvalue weighted by molar-refractivity contribution is -0.139. The first-order chi connectivity index (χ1) is 16.4. The van der Waals surface area contributed by atoms with Crippen LogP contribution >= 0.6 is 27.7 Å². The maximum atomic E-state index is 12.8. The van der Waals surface area contributed by atoms with Gasteiger partial charge in [-0.05, 0) is 67.6 Å².